The smallest absolute Gasteiger partial charge is 0.337 e. The van der Waals surface area contributed by atoms with Gasteiger partial charge in [-0.15, -0.1) is 0 Å². The molecule has 0 spiro atoms. The Kier molecular flexibility index (Phi) is 5.67. The Bertz CT molecular complexity index is 947. The zero-order valence-electron chi connectivity index (χ0n) is 13.8. The van der Waals surface area contributed by atoms with Crippen LogP contribution in [0.2, 0.25) is 0 Å². The maximum absolute atomic E-state index is 12.3. The summed E-state index contributed by atoms with van der Waals surface area (Å²) in [5, 5.41) is 11.2. The highest BCUT2D eigenvalue weighted by atomic mass is 32.2. The molecular weight excluding hydrogens is 366 g/mol. The monoisotopic (exact) mass is 381 g/mol. The molecule has 0 bridgehead atoms. The van der Waals surface area contributed by atoms with Gasteiger partial charge in [0.25, 0.3) is 10.0 Å². The van der Waals surface area contributed by atoms with Crippen molar-refractivity contribution in [3.05, 3.63) is 35.7 Å². The Balaban J connectivity index is 2.21. The summed E-state index contributed by atoms with van der Waals surface area (Å²) in [4.78, 5) is 34.1. The van der Waals surface area contributed by atoms with Gasteiger partial charge in [-0.3, -0.25) is 5.32 Å². The number of aryl methyl sites for hydroxylation is 1. The van der Waals surface area contributed by atoms with Gasteiger partial charge in [-0.1, -0.05) is 12.1 Å². The molecular formula is C14H15N5O6S. The molecule has 0 radical (unpaired) electrons. The van der Waals surface area contributed by atoms with E-state index in [0.717, 1.165) is 12.1 Å². The van der Waals surface area contributed by atoms with Gasteiger partial charge in [0.1, 0.15) is 10.7 Å². The Hall–Kier alpha value is -3.28. The third-order valence-corrected chi connectivity index (χ3v) is 4.25. The lowest BCUT2D eigenvalue weighted by atomic mass is 10.2. The summed E-state index contributed by atoms with van der Waals surface area (Å²) in [5.41, 5.74) is -0.470. The van der Waals surface area contributed by atoms with Crippen LogP contribution in [0.5, 0.6) is 6.01 Å². The number of carboxylic acids is 1. The van der Waals surface area contributed by atoms with Crippen LogP contribution in [-0.4, -0.2) is 47.1 Å². The summed E-state index contributed by atoms with van der Waals surface area (Å²) < 4.78 is 31.4. The Morgan fingerprint density at radius 3 is 2.54 bits per heavy atom. The molecule has 12 heteroatoms. The molecule has 0 aliphatic carbocycles. The van der Waals surface area contributed by atoms with Crippen molar-refractivity contribution in [1.82, 2.24) is 19.7 Å². The molecule has 11 nitrogen and oxygen atoms in total. The standard InChI is InChI=1S/C14H15N5O6S/c1-3-25-14-16-8(2)15-12(18-14)17-13(22)19-26(23,24)10-7-5-4-6-9(10)11(20)21/h4-7H,3H2,1-2H3,(H,20,21)(H2,15,16,17,18,19,22). The molecule has 1 aromatic heterocycles. The lowest BCUT2D eigenvalue weighted by Crippen LogP contribution is -2.35. The number of ether oxygens (including phenoxy) is 1. The van der Waals surface area contributed by atoms with Crippen LogP contribution in [0.4, 0.5) is 10.7 Å². The largest absolute Gasteiger partial charge is 0.478 e. The number of sulfonamides is 1. The molecule has 1 aromatic carbocycles. The summed E-state index contributed by atoms with van der Waals surface area (Å²) in [5.74, 6) is -1.42. The van der Waals surface area contributed by atoms with Gasteiger partial charge in [0.05, 0.1) is 12.2 Å². The van der Waals surface area contributed by atoms with Crippen LogP contribution >= 0.6 is 0 Å². The summed E-state index contributed by atoms with van der Waals surface area (Å²) in [6.07, 6.45) is 0. The number of nitrogens with zero attached hydrogens (tertiary/aromatic N) is 3. The van der Waals surface area contributed by atoms with E-state index in [4.69, 9.17) is 9.84 Å². The van der Waals surface area contributed by atoms with Gasteiger partial charge in [-0.25, -0.2) is 22.7 Å². The number of rotatable bonds is 6. The van der Waals surface area contributed by atoms with E-state index in [1.54, 1.807) is 11.6 Å². The van der Waals surface area contributed by atoms with Crippen LogP contribution in [0.25, 0.3) is 0 Å². The Morgan fingerprint density at radius 2 is 1.88 bits per heavy atom. The van der Waals surface area contributed by atoms with Crippen LogP contribution < -0.4 is 14.8 Å². The number of carboxylic acid groups (broad SMARTS) is 1. The van der Waals surface area contributed by atoms with Crippen molar-refractivity contribution in [1.29, 1.82) is 0 Å². The second kappa shape index (κ2) is 7.74. The maximum atomic E-state index is 12.3. The Morgan fingerprint density at radius 1 is 1.19 bits per heavy atom. The van der Waals surface area contributed by atoms with Crippen molar-refractivity contribution in [2.75, 3.05) is 11.9 Å². The first-order valence-electron chi connectivity index (χ1n) is 7.24. The quantitative estimate of drug-likeness (QED) is 0.657. The van der Waals surface area contributed by atoms with Gasteiger partial charge in [-0.05, 0) is 26.0 Å². The predicted octanol–water partition coefficient (Wildman–Crippen LogP) is 0.787. The minimum atomic E-state index is -4.43. The van der Waals surface area contributed by atoms with E-state index in [0.29, 0.717) is 0 Å². The van der Waals surface area contributed by atoms with Gasteiger partial charge in [0.15, 0.2) is 0 Å². The fraction of sp³-hybridized carbons (Fsp3) is 0.214. The van der Waals surface area contributed by atoms with E-state index in [-0.39, 0.29) is 24.4 Å². The minimum absolute atomic E-state index is 0.0330. The number of carbonyl (C=O) groups is 2. The number of benzene rings is 1. The van der Waals surface area contributed by atoms with E-state index in [1.165, 1.54) is 19.1 Å². The summed E-state index contributed by atoms with van der Waals surface area (Å²) in [6, 6.07) is 3.68. The zero-order chi connectivity index (χ0) is 19.3. The van der Waals surface area contributed by atoms with Gasteiger partial charge < -0.3 is 9.84 Å². The molecule has 0 aliphatic rings. The lowest BCUT2D eigenvalue weighted by Gasteiger charge is -2.10. The number of amides is 2. The fourth-order valence-electron chi connectivity index (χ4n) is 1.89. The van der Waals surface area contributed by atoms with Crippen molar-refractivity contribution in [3.8, 4) is 6.01 Å². The molecule has 26 heavy (non-hydrogen) atoms. The highest BCUT2D eigenvalue weighted by molar-refractivity contribution is 7.90. The molecule has 3 N–H and O–H groups in total. The Labute approximate surface area is 148 Å². The number of aromatic carboxylic acids is 1. The normalized spacial score (nSPS) is 10.8. The minimum Gasteiger partial charge on any atom is -0.478 e. The molecule has 2 rings (SSSR count). The average molecular weight is 381 g/mol. The molecule has 138 valence electrons. The maximum Gasteiger partial charge on any atom is 0.337 e. The number of hydrogen-bond acceptors (Lipinski definition) is 8. The molecule has 0 fully saturated rings. The first-order valence-corrected chi connectivity index (χ1v) is 8.73. The van der Waals surface area contributed by atoms with Crippen molar-refractivity contribution in [2.24, 2.45) is 0 Å². The molecule has 2 amide bonds. The van der Waals surface area contributed by atoms with Crippen molar-refractivity contribution < 1.29 is 27.9 Å². The van der Waals surface area contributed by atoms with Crippen LogP contribution in [0.3, 0.4) is 0 Å². The zero-order valence-corrected chi connectivity index (χ0v) is 14.6. The second-order valence-electron chi connectivity index (χ2n) is 4.78. The molecule has 0 aliphatic heterocycles. The van der Waals surface area contributed by atoms with Gasteiger partial charge in [0, 0.05) is 0 Å². The number of urea groups is 1. The first kappa shape index (κ1) is 19.1. The average Bonchev–Trinajstić information content (AvgIpc) is 2.53. The molecule has 1 heterocycles. The predicted molar refractivity (Wildman–Crippen MR) is 88.5 cm³/mol. The van der Waals surface area contributed by atoms with Gasteiger partial charge >= 0.3 is 18.0 Å². The molecule has 0 atom stereocenters. The lowest BCUT2D eigenvalue weighted by molar-refractivity contribution is 0.0692. The molecule has 0 saturated carbocycles. The summed E-state index contributed by atoms with van der Waals surface area (Å²) in [7, 11) is -4.43. The highest BCUT2D eigenvalue weighted by Crippen LogP contribution is 2.15. The summed E-state index contributed by atoms with van der Waals surface area (Å²) >= 11 is 0. The summed E-state index contributed by atoms with van der Waals surface area (Å²) in [6.45, 7) is 3.54. The SMILES string of the molecule is CCOc1nc(C)nc(NC(=O)NS(=O)(=O)c2ccccc2C(=O)O)n1. The van der Waals surface area contributed by atoms with Crippen molar-refractivity contribution >= 4 is 28.0 Å². The topological polar surface area (TPSA) is 160 Å². The van der Waals surface area contributed by atoms with Gasteiger partial charge in [0.2, 0.25) is 5.95 Å². The number of anilines is 1. The van der Waals surface area contributed by atoms with E-state index >= 15 is 0 Å². The molecule has 0 unspecified atom stereocenters. The number of carbonyl (C=O) groups excluding carboxylic acids is 1. The van der Waals surface area contributed by atoms with Crippen molar-refractivity contribution in [2.45, 2.75) is 18.7 Å². The van der Waals surface area contributed by atoms with E-state index in [1.807, 2.05) is 0 Å². The van der Waals surface area contributed by atoms with Crippen LogP contribution in [-0.2, 0) is 10.0 Å². The van der Waals surface area contributed by atoms with E-state index < -0.39 is 32.5 Å². The first-order chi connectivity index (χ1) is 12.2. The third-order valence-electron chi connectivity index (χ3n) is 2.86. The van der Waals surface area contributed by atoms with E-state index in [9.17, 15) is 18.0 Å². The second-order valence-corrected chi connectivity index (χ2v) is 6.43. The van der Waals surface area contributed by atoms with Crippen LogP contribution in [0.1, 0.15) is 23.1 Å². The van der Waals surface area contributed by atoms with E-state index in [2.05, 4.69) is 20.3 Å². The molecule has 2 aromatic rings. The number of aromatic nitrogens is 3. The van der Waals surface area contributed by atoms with Gasteiger partial charge in [-0.2, -0.15) is 15.0 Å². The van der Waals surface area contributed by atoms with Crippen molar-refractivity contribution in [3.63, 3.8) is 0 Å². The van der Waals surface area contributed by atoms with Crippen LogP contribution in [0.15, 0.2) is 29.2 Å². The van der Waals surface area contributed by atoms with Crippen LogP contribution in [0, 0.1) is 6.92 Å². The highest BCUT2D eigenvalue weighted by Gasteiger charge is 2.24. The third kappa shape index (κ3) is 4.63. The number of hydrogen-bond donors (Lipinski definition) is 3. The molecule has 0 saturated heterocycles. The number of nitrogens with one attached hydrogen (secondary N) is 2. The fourth-order valence-corrected chi connectivity index (χ4v) is 3.00.